The normalized spacial score (nSPS) is 16.6. The topological polar surface area (TPSA) is 29.5 Å². The Labute approximate surface area is 127 Å². The predicted molar refractivity (Wildman–Crippen MR) is 91.6 cm³/mol. The molecule has 0 radical (unpaired) electrons. The van der Waals surface area contributed by atoms with E-state index in [1.807, 2.05) is 19.1 Å². The molecule has 0 spiro atoms. The number of aliphatic hydroxyl groups excluding tert-OH is 1. The summed E-state index contributed by atoms with van der Waals surface area (Å²) in [4.78, 5) is 0. The van der Waals surface area contributed by atoms with Crippen molar-refractivity contribution in [3.8, 4) is 0 Å². The Morgan fingerprint density at radius 3 is 2.20 bits per heavy atom. The molecule has 0 rings (SSSR count). The molecule has 120 valence electrons. The molecular formula is C17H36O2Si. The third-order valence-electron chi connectivity index (χ3n) is 4.35. The van der Waals surface area contributed by atoms with Gasteiger partial charge in [-0.05, 0) is 31.5 Å². The molecule has 0 bridgehead atoms. The van der Waals surface area contributed by atoms with E-state index >= 15 is 0 Å². The first-order valence-corrected chi connectivity index (χ1v) is 11.0. The number of hydrogen-bond acceptors (Lipinski definition) is 2. The van der Waals surface area contributed by atoms with Crippen LogP contribution in [0.15, 0.2) is 12.2 Å². The minimum atomic E-state index is -1.83. The molecule has 0 aromatic rings. The number of aliphatic hydroxyl groups is 1. The molecule has 0 aromatic carbocycles. The largest absolute Gasteiger partial charge is 0.408 e. The lowest BCUT2D eigenvalue weighted by Gasteiger charge is -2.39. The molecule has 0 unspecified atom stereocenters. The van der Waals surface area contributed by atoms with E-state index in [0.29, 0.717) is 0 Å². The van der Waals surface area contributed by atoms with Crippen molar-refractivity contribution in [3.63, 3.8) is 0 Å². The summed E-state index contributed by atoms with van der Waals surface area (Å²) in [5, 5.41) is 10.6. The molecule has 20 heavy (non-hydrogen) atoms. The first-order valence-electron chi connectivity index (χ1n) is 8.14. The van der Waals surface area contributed by atoms with Gasteiger partial charge in [-0.25, -0.2) is 0 Å². The highest BCUT2D eigenvalue weighted by Gasteiger charge is 2.39. The zero-order chi connectivity index (χ0) is 15.8. The van der Waals surface area contributed by atoms with Gasteiger partial charge in [0.1, 0.15) is 0 Å². The van der Waals surface area contributed by atoms with Crippen molar-refractivity contribution < 1.29 is 9.53 Å². The van der Waals surface area contributed by atoms with Crippen molar-refractivity contribution in [1.82, 2.24) is 0 Å². The molecule has 2 atom stereocenters. The van der Waals surface area contributed by atoms with Crippen molar-refractivity contribution in [2.75, 3.05) is 0 Å². The summed E-state index contributed by atoms with van der Waals surface area (Å²) in [5.41, 5.74) is 0. The fourth-order valence-electron chi connectivity index (χ4n) is 1.90. The Hall–Kier alpha value is -0.123. The quantitative estimate of drug-likeness (QED) is 0.356. The van der Waals surface area contributed by atoms with Crippen LogP contribution in [0.1, 0.15) is 66.7 Å². The Bertz CT molecular complexity index is 279. The second kappa shape index (κ2) is 9.01. The van der Waals surface area contributed by atoms with E-state index in [2.05, 4.69) is 40.8 Å². The summed E-state index contributed by atoms with van der Waals surface area (Å²) in [5.74, 6) is 0. The molecule has 0 saturated heterocycles. The van der Waals surface area contributed by atoms with Gasteiger partial charge in [0.25, 0.3) is 0 Å². The van der Waals surface area contributed by atoms with Gasteiger partial charge in [0.05, 0.1) is 12.2 Å². The zero-order valence-electron chi connectivity index (χ0n) is 14.7. The minimum Gasteiger partial charge on any atom is -0.408 e. The Kier molecular flexibility index (Phi) is 8.95. The molecule has 0 saturated carbocycles. The van der Waals surface area contributed by atoms with Crippen molar-refractivity contribution >= 4 is 8.32 Å². The lowest BCUT2D eigenvalue weighted by atomic mass is 10.1. The average molecular weight is 301 g/mol. The van der Waals surface area contributed by atoms with E-state index in [0.717, 1.165) is 12.8 Å². The van der Waals surface area contributed by atoms with Gasteiger partial charge in [-0.15, -0.1) is 0 Å². The maximum Gasteiger partial charge on any atom is 0.193 e. The van der Waals surface area contributed by atoms with Crippen LogP contribution in [0, 0.1) is 0 Å². The van der Waals surface area contributed by atoms with Crippen LogP contribution >= 0.6 is 0 Å². The lowest BCUT2D eigenvalue weighted by molar-refractivity contribution is 0.0479. The standard InChI is InChI=1S/C17H36O2Si/c1-8-10-11-12-14-15(18)16(13-9-2)19-20(6,7)17(3,4)5/h9,13,15-16,18H,8,10-12,14H2,1-7H3/b13-9+/t15-,16-/m1/s1. The van der Waals surface area contributed by atoms with Crippen LogP contribution in [0.25, 0.3) is 0 Å². The maximum absolute atomic E-state index is 10.4. The molecule has 0 aliphatic carbocycles. The first-order chi connectivity index (χ1) is 9.15. The van der Waals surface area contributed by atoms with Gasteiger partial charge in [0.15, 0.2) is 8.32 Å². The lowest BCUT2D eigenvalue weighted by Crippen LogP contribution is -2.46. The summed E-state index contributed by atoms with van der Waals surface area (Å²) in [7, 11) is -1.83. The molecular weight excluding hydrogens is 264 g/mol. The van der Waals surface area contributed by atoms with Crippen molar-refractivity contribution in [2.45, 2.75) is 97.1 Å². The van der Waals surface area contributed by atoms with E-state index in [-0.39, 0.29) is 17.2 Å². The molecule has 0 aromatic heterocycles. The monoisotopic (exact) mass is 300 g/mol. The first kappa shape index (κ1) is 19.9. The predicted octanol–water partition coefficient (Wildman–Crippen LogP) is 5.28. The maximum atomic E-state index is 10.4. The average Bonchev–Trinajstić information content (AvgIpc) is 2.32. The van der Waals surface area contributed by atoms with Crippen molar-refractivity contribution in [2.24, 2.45) is 0 Å². The number of hydrogen-bond donors (Lipinski definition) is 1. The van der Waals surface area contributed by atoms with Crippen molar-refractivity contribution in [3.05, 3.63) is 12.2 Å². The van der Waals surface area contributed by atoms with Crippen LogP contribution in [0.2, 0.25) is 18.1 Å². The number of unbranched alkanes of at least 4 members (excludes halogenated alkanes) is 3. The second-order valence-corrected chi connectivity index (χ2v) is 12.0. The van der Waals surface area contributed by atoms with Crippen molar-refractivity contribution in [1.29, 1.82) is 0 Å². The Morgan fingerprint density at radius 1 is 1.15 bits per heavy atom. The third kappa shape index (κ3) is 7.05. The minimum absolute atomic E-state index is 0.150. The van der Waals surface area contributed by atoms with Crippen LogP contribution in [0.5, 0.6) is 0 Å². The van der Waals surface area contributed by atoms with Crippen LogP contribution < -0.4 is 0 Å². The van der Waals surface area contributed by atoms with Gasteiger partial charge in [-0.1, -0.05) is 65.5 Å². The highest BCUT2D eigenvalue weighted by atomic mass is 28.4. The molecule has 0 aliphatic rings. The van der Waals surface area contributed by atoms with Crippen LogP contribution in [0.4, 0.5) is 0 Å². The van der Waals surface area contributed by atoms with Gasteiger partial charge >= 0.3 is 0 Å². The molecule has 1 N–H and O–H groups in total. The van der Waals surface area contributed by atoms with Crippen LogP contribution in [-0.4, -0.2) is 25.6 Å². The molecule has 0 amide bonds. The fourth-order valence-corrected chi connectivity index (χ4v) is 3.17. The molecule has 0 aliphatic heterocycles. The zero-order valence-corrected chi connectivity index (χ0v) is 15.7. The van der Waals surface area contributed by atoms with Gasteiger partial charge in [-0.2, -0.15) is 0 Å². The van der Waals surface area contributed by atoms with Gasteiger partial charge in [0.2, 0.25) is 0 Å². The van der Waals surface area contributed by atoms with Crippen LogP contribution in [0.3, 0.4) is 0 Å². The van der Waals surface area contributed by atoms with E-state index in [1.165, 1.54) is 19.3 Å². The molecule has 3 heteroatoms. The number of rotatable bonds is 9. The van der Waals surface area contributed by atoms with Gasteiger partial charge < -0.3 is 9.53 Å². The molecule has 0 fully saturated rings. The summed E-state index contributed by atoms with van der Waals surface area (Å²) < 4.78 is 6.36. The third-order valence-corrected chi connectivity index (χ3v) is 8.83. The Morgan fingerprint density at radius 2 is 1.75 bits per heavy atom. The molecule has 2 nitrogen and oxygen atoms in total. The summed E-state index contributed by atoms with van der Waals surface area (Å²) in [6, 6.07) is 0. The SMILES string of the molecule is C/C=C/[C@@H](O[Si](C)(C)C(C)(C)C)[C@H](O)CCCCCC. The summed E-state index contributed by atoms with van der Waals surface area (Å²) in [6.45, 7) is 15.4. The smallest absolute Gasteiger partial charge is 0.193 e. The highest BCUT2D eigenvalue weighted by Crippen LogP contribution is 2.38. The van der Waals surface area contributed by atoms with Gasteiger partial charge in [0, 0.05) is 0 Å². The highest BCUT2D eigenvalue weighted by molar-refractivity contribution is 6.74. The van der Waals surface area contributed by atoms with E-state index < -0.39 is 8.32 Å². The van der Waals surface area contributed by atoms with Crippen LogP contribution in [-0.2, 0) is 4.43 Å². The fraction of sp³-hybridized carbons (Fsp3) is 0.882. The van der Waals surface area contributed by atoms with E-state index in [1.54, 1.807) is 0 Å². The van der Waals surface area contributed by atoms with E-state index in [4.69, 9.17) is 4.43 Å². The number of allylic oxidation sites excluding steroid dienone is 1. The van der Waals surface area contributed by atoms with E-state index in [9.17, 15) is 5.11 Å². The second-order valence-electron chi connectivity index (χ2n) is 7.29. The Balaban J connectivity index is 4.56. The summed E-state index contributed by atoms with van der Waals surface area (Å²) >= 11 is 0. The summed E-state index contributed by atoms with van der Waals surface area (Å²) in [6.07, 6.45) is 9.10. The molecule has 0 heterocycles. The van der Waals surface area contributed by atoms with Gasteiger partial charge in [-0.3, -0.25) is 0 Å².